The van der Waals surface area contributed by atoms with Gasteiger partial charge in [0.05, 0.1) is 17.1 Å². The Kier molecular flexibility index (Phi) is 4.12. The molecule has 1 fully saturated rings. The first-order chi connectivity index (χ1) is 10.1. The summed E-state index contributed by atoms with van der Waals surface area (Å²) in [5, 5.41) is 9.97. The highest BCUT2D eigenvalue weighted by Crippen LogP contribution is 2.24. The SMILES string of the molecule is CC(O)c1nc2cc(N)ccc2n1CCC1CCCCO1. The van der Waals surface area contributed by atoms with Crippen LogP contribution in [0.4, 0.5) is 5.69 Å². The number of imidazole rings is 1. The molecule has 1 aliphatic rings. The van der Waals surface area contributed by atoms with Gasteiger partial charge in [-0.15, -0.1) is 0 Å². The lowest BCUT2D eigenvalue weighted by molar-refractivity contribution is 0.00858. The number of hydrogen-bond donors (Lipinski definition) is 2. The molecule has 2 heterocycles. The van der Waals surface area contributed by atoms with Gasteiger partial charge in [-0.05, 0) is 50.8 Å². The van der Waals surface area contributed by atoms with E-state index in [0.717, 1.165) is 37.0 Å². The van der Waals surface area contributed by atoms with E-state index in [1.807, 2.05) is 18.2 Å². The lowest BCUT2D eigenvalue weighted by Gasteiger charge is -2.23. The second kappa shape index (κ2) is 6.03. The van der Waals surface area contributed by atoms with Gasteiger partial charge in [0.15, 0.2) is 0 Å². The zero-order valence-corrected chi connectivity index (χ0v) is 12.5. The maximum atomic E-state index is 9.97. The Morgan fingerprint density at radius 2 is 2.33 bits per heavy atom. The molecule has 0 saturated carbocycles. The molecule has 21 heavy (non-hydrogen) atoms. The molecule has 2 unspecified atom stereocenters. The van der Waals surface area contributed by atoms with E-state index in [1.54, 1.807) is 6.92 Å². The lowest BCUT2D eigenvalue weighted by Crippen LogP contribution is -2.21. The van der Waals surface area contributed by atoms with E-state index < -0.39 is 6.10 Å². The van der Waals surface area contributed by atoms with Gasteiger partial charge in [0.2, 0.25) is 0 Å². The highest BCUT2D eigenvalue weighted by molar-refractivity contribution is 5.79. The van der Waals surface area contributed by atoms with Crippen molar-refractivity contribution in [1.82, 2.24) is 9.55 Å². The number of nitrogens with two attached hydrogens (primary N) is 1. The zero-order chi connectivity index (χ0) is 14.8. The number of aliphatic hydroxyl groups excluding tert-OH is 1. The summed E-state index contributed by atoms with van der Waals surface area (Å²) in [6.45, 7) is 3.43. The summed E-state index contributed by atoms with van der Waals surface area (Å²) in [4.78, 5) is 4.53. The molecular formula is C16H23N3O2. The molecule has 0 bridgehead atoms. The Balaban J connectivity index is 1.86. The van der Waals surface area contributed by atoms with Crippen LogP contribution in [-0.4, -0.2) is 27.4 Å². The summed E-state index contributed by atoms with van der Waals surface area (Å²) in [6, 6.07) is 5.71. The largest absolute Gasteiger partial charge is 0.399 e. The van der Waals surface area contributed by atoms with Crippen LogP contribution in [-0.2, 0) is 11.3 Å². The van der Waals surface area contributed by atoms with Crippen molar-refractivity contribution in [3.8, 4) is 0 Å². The number of anilines is 1. The van der Waals surface area contributed by atoms with Crippen LogP contribution in [0.1, 0.15) is 44.5 Å². The summed E-state index contributed by atoms with van der Waals surface area (Å²) in [7, 11) is 0. The van der Waals surface area contributed by atoms with Gasteiger partial charge in [-0.1, -0.05) is 0 Å². The zero-order valence-electron chi connectivity index (χ0n) is 12.5. The maximum absolute atomic E-state index is 9.97. The maximum Gasteiger partial charge on any atom is 0.138 e. The number of nitrogen functional groups attached to an aromatic ring is 1. The van der Waals surface area contributed by atoms with Gasteiger partial charge in [0, 0.05) is 18.8 Å². The Hall–Kier alpha value is -1.59. The second-order valence-corrected chi connectivity index (χ2v) is 5.82. The highest BCUT2D eigenvalue weighted by atomic mass is 16.5. The Labute approximate surface area is 124 Å². The summed E-state index contributed by atoms with van der Waals surface area (Å²) in [6.07, 6.45) is 4.23. The minimum Gasteiger partial charge on any atom is -0.399 e. The molecule has 5 nitrogen and oxygen atoms in total. The lowest BCUT2D eigenvalue weighted by atomic mass is 10.1. The van der Waals surface area contributed by atoms with Crippen LogP contribution in [0.5, 0.6) is 0 Å². The molecule has 5 heteroatoms. The van der Waals surface area contributed by atoms with Crippen molar-refractivity contribution in [2.75, 3.05) is 12.3 Å². The first kappa shape index (κ1) is 14.4. The molecule has 2 aromatic rings. The quantitative estimate of drug-likeness (QED) is 0.849. The third-order valence-electron chi connectivity index (χ3n) is 4.12. The Bertz CT molecular complexity index is 615. The smallest absolute Gasteiger partial charge is 0.138 e. The number of aliphatic hydroxyl groups is 1. The van der Waals surface area contributed by atoms with Crippen LogP contribution in [0, 0.1) is 0 Å². The molecule has 3 rings (SSSR count). The van der Waals surface area contributed by atoms with E-state index in [-0.39, 0.29) is 0 Å². The van der Waals surface area contributed by atoms with Gasteiger partial charge in [0.25, 0.3) is 0 Å². The minimum atomic E-state index is -0.592. The fourth-order valence-electron chi connectivity index (χ4n) is 3.03. The molecule has 1 aliphatic heterocycles. The summed E-state index contributed by atoms with van der Waals surface area (Å²) < 4.78 is 7.89. The van der Waals surface area contributed by atoms with Crippen LogP contribution in [0.3, 0.4) is 0 Å². The van der Waals surface area contributed by atoms with E-state index >= 15 is 0 Å². The minimum absolute atomic E-state index is 0.326. The van der Waals surface area contributed by atoms with E-state index in [1.165, 1.54) is 12.8 Å². The number of benzene rings is 1. The van der Waals surface area contributed by atoms with Crippen LogP contribution in [0.2, 0.25) is 0 Å². The molecular weight excluding hydrogens is 266 g/mol. The van der Waals surface area contributed by atoms with Crippen molar-refractivity contribution in [3.63, 3.8) is 0 Å². The molecule has 2 atom stereocenters. The standard InChI is InChI=1S/C16H23N3O2/c1-11(20)16-18-14-10-12(17)5-6-15(14)19(16)8-7-13-4-2-3-9-21-13/h5-6,10-11,13,20H,2-4,7-9,17H2,1H3. The van der Waals surface area contributed by atoms with Gasteiger partial charge in [-0.2, -0.15) is 0 Å². The van der Waals surface area contributed by atoms with Crippen molar-refractivity contribution in [2.45, 2.75) is 51.4 Å². The predicted octanol–water partition coefficient (Wildman–Crippen LogP) is 2.63. The van der Waals surface area contributed by atoms with Crippen LogP contribution in [0.15, 0.2) is 18.2 Å². The van der Waals surface area contributed by atoms with Gasteiger partial charge >= 0.3 is 0 Å². The average molecular weight is 289 g/mol. The van der Waals surface area contributed by atoms with E-state index in [0.29, 0.717) is 17.6 Å². The first-order valence-corrected chi connectivity index (χ1v) is 7.70. The number of nitrogens with zero attached hydrogens (tertiary/aromatic N) is 2. The normalized spacial score (nSPS) is 20.8. The van der Waals surface area contributed by atoms with E-state index in [9.17, 15) is 5.11 Å². The molecule has 114 valence electrons. The molecule has 0 radical (unpaired) electrons. The van der Waals surface area contributed by atoms with Gasteiger partial charge in [-0.25, -0.2) is 4.98 Å². The van der Waals surface area contributed by atoms with Crippen molar-refractivity contribution in [1.29, 1.82) is 0 Å². The average Bonchev–Trinajstić information content (AvgIpc) is 2.84. The number of ether oxygens (including phenoxy) is 1. The Morgan fingerprint density at radius 1 is 1.48 bits per heavy atom. The number of hydrogen-bond acceptors (Lipinski definition) is 4. The third kappa shape index (κ3) is 3.04. The summed E-state index contributed by atoms with van der Waals surface area (Å²) >= 11 is 0. The van der Waals surface area contributed by atoms with Gasteiger partial charge < -0.3 is 20.1 Å². The summed E-state index contributed by atoms with van der Waals surface area (Å²) in [5.74, 6) is 0.700. The Morgan fingerprint density at radius 3 is 3.05 bits per heavy atom. The van der Waals surface area contributed by atoms with Crippen molar-refractivity contribution in [3.05, 3.63) is 24.0 Å². The molecule has 1 aromatic heterocycles. The van der Waals surface area contributed by atoms with Crippen LogP contribution < -0.4 is 5.73 Å². The molecule has 1 saturated heterocycles. The molecule has 0 aliphatic carbocycles. The number of aromatic nitrogens is 2. The molecule has 0 amide bonds. The first-order valence-electron chi connectivity index (χ1n) is 7.70. The summed E-state index contributed by atoms with van der Waals surface area (Å²) in [5.41, 5.74) is 8.38. The fraction of sp³-hybridized carbons (Fsp3) is 0.562. The fourth-order valence-corrected chi connectivity index (χ4v) is 3.03. The van der Waals surface area contributed by atoms with Crippen molar-refractivity contribution >= 4 is 16.7 Å². The third-order valence-corrected chi connectivity index (χ3v) is 4.12. The van der Waals surface area contributed by atoms with Crippen LogP contribution in [0.25, 0.3) is 11.0 Å². The topological polar surface area (TPSA) is 73.3 Å². The van der Waals surface area contributed by atoms with Crippen molar-refractivity contribution < 1.29 is 9.84 Å². The number of rotatable bonds is 4. The van der Waals surface area contributed by atoms with Crippen LogP contribution >= 0.6 is 0 Å². The molecule has 0 spiro atoms. The van der Waals surface area contributed by atoms with Crippen molar-refractivity contribution in [2.24, 2.45) is 0 Å². The van der Waals surface area contributed by atoms with Gasteiger partial charge in [-0.3, -0.25) is 0 Å². The predicted molar refractivity (Wildman–Crippen MR) is 83.0 cm³/mol. The second-order valence-electron chi connectivity index (χ2n) is 5.82. The number of fused-ring (bicyclic) bond motifs is 1. The van der Waals surface area contributed by atoms with Gasteiger partial charge in [0.1, 0.15) is 11.9 Å². The molecule has 3 N–H and O–H groups in total. The highest BCUT2D eigenvalue weighted by Gasteiger charge is 2.18. The molecule has 1 aromatic carbocycles. The number of aryl methyl sites for hydroxylation is 1. The van der Waals surface area contributed by atoms with E-state index in [4.69, 9.17) is 10.5 Å². The van der Waals surface area contributed by atoms with E-state index in [2.05, 4.69) is 9.55 Å². The monoisotopic (exact) mass is 289 g/mol.